The van der Waals surface area contributed by atoms with Crippen LogP contribution in [0.4, 0.5) is 5.69 Å². The molecular formula is C13H8Br3NO. The molecule has 0 spiro atoms. The van der Waals surface area contributed by atoms with E-state index in [0.717, 1.165) is 19.1 Å². The summed E-state index contributed by atoms with van der Waals surface area (Å²) in [7, 11) is 0. The fourth-order valence-electron chi connectivity index (χ4n) is 1.42. The zero-order chi connectivity index (χ0) is 13.1. The van der Waals surface area contributed by atoms with Crippen LogP contribution in [0.25, 0.3) is 0 Å². The summed E-state index contributed by atoms with van der Waals surface area (Å²) in [6.45, 7) is 0. The van der Waals surface area contributed by atoms with Crippen LogP contribution in [0.3, 0.4) is 0 Å². The second-order valence-corrected chi connectivity index (χ2v) is 6.27. The van der Waals surface area contributed by atoms with Crippen LogP contribution < -0.4 is 5.32 Å². The van der Waals surface area contributed by atoms with Crippen molar-refractivity contribution in [3.05, 3.63) is 61.4 Å². The molecule has 0 bridgehead atoms. The Kier molecular flexibility index (Phi) is 4.59. The van der Waals surface area contributed by atoms with Crippen molar-refractivity contribution >= 4 is 59.4 Å². The first-order chi connectivity index (χ1) is 8.56. The highest BCUT2D eigenvalue weighted by molar-refractivity contribution is 9.11. The number of nitrogens with one attached hydrogen (secondary N) is 1. The molecule has 0 radical (unpaired) electrons. The van der Waals surface area contributed by atoms with Gasteiger partial charge in [0.15, 0.2) is 0 Å². The molecule has 18 heavy (non-hydrogen) atoms. The standard InChI is InChI=1S/C13H8Br3NO/c14-9-3-1-2-8(6-9)13(18)17-12-7-10(15)4-5-11(12)16/h1-7H,(H,17,18). The lowest BCUT2D eigenvalue weighted by atomic mass is 10.2. The van der Waals surface area contributed by atoms with Crippen molar-refractivity contribution in [1.82, 2.24) is 0 Å². The molecule has 2 nitrogen and oxygen atoms in total. The Bertz CT molecular complexity index is 599. The number of hydrogen-bond acceptors (Lipinski definition) is 1. The summed E-state index contributed by atoms with van der Waals surface area (Å²) in [5.74, 6) is -0.143. The summed E-state index contributed by atoms with van der Waals surface area (Å²) in [5.41, 5.74) is 1.34. The predicted molar refractivity (Wildman–Crippen MR) is 83.9 cm³/mol. The zero-order valence-electron chi connectivity index (χ0n) is 9.08. The van der Waals surface area contributed by atoms with E-state index < -0.39 is 0 Å². The molecule has 0 aromatic heterocycles. The maximum atomic E-state index is 12.1. The lowest BCUT2D eigenvalue weighted by Gasteiger charge is -2.08. The van der Waals surface area contributed by atoms with Gasteiger partial charge in [-0.25, -0.2) is 0 Å². The summed E-state index contributed by atoms with van der Waals surface area (Å²) in [4.78, 5) is 12.1. The fourth-order valence-corrected chi connectivity index (χ4v) is 2.52. The van der Waals surface area contributed by atoms with E-state index in [1.165, 1.54) is 0 Å². The van der Waals surface area contributed by atoms with Gasteiger partial charge in [-0.05, 0) is 52.3 Å². The molecule has 0 aliphatic rings. The highest BCUT2D eigenvalue weighted by Gasteiger charge is 2.08. The van der Waals surface area contributed by atoms with Gasteiger partial charge < -0.3 is 5.32 Å². The molecule has 0 fully saturated rings. The van der Waals surface area contributed by atoms with E-state index in [4.69, 9.17) is 0 Å². The molecule has 1 N–H and O–H groups in total. The lowest BCUT2D eigenvalue weighted by molar-refractivity contribution is 0.102. The molecule has 0 aliphatic heterocycles. The number of rotatable bonds is 2. The van der Waals surface area contributed by atoms with Crippen molar-refractivity contribution in [2.75, 3.05) is 5.32 Å². The van der Waals surface area contributed by atoms with Gasteiger partial charge >= 0.3 is 0 Å². The number of hydrogen-bond donors (Lipinski definition) is 1. The Balaban J connectivity index is 2.24. The average molecular weight is 434 g/mol. The fraction of sp³-hybridized carbons (Fsp3) is 0. The first-order valence-corrected chi connectivity index (χ1v) is 7.46. The summed E-state index contributed by atoms with van der Waals surface area (Å²) in [5, 5.41) is 2.86. The predicted octanol–water partition coefficient (Wildman–Crippen LogP) is 5.23. The third-order valence-corrected chi connectivity index (χ3v) is 3.94. The number of anilines is 1. The smallest absolute Gasteiger partial charge is 0.255 e. The van der Waals surface area contributed by atoms with Crippen molar-refractivity contribution < 1.29 is 4.79 Å². The second kappa shape index (κ2) is 5.99. The second-order valence-electron chi connectivity index (χ2n) is 3.59. The van der Waals surface area contributed by atoms with Crippen LogP contribution in [-0.2, 0) is 0 Å². The number of carbonyl (C=O) groups is 1. The summed E-state index contributed by atoms with van der Waals surface area (Å²) >= 11 is 10.1. The van der Waals surface area contributed by atoms with E-state index in [9.17, 15) is 4.79 Å². The Hall–Kier alpha value is -0.650. The maximum absolute atomic E-state index is 12.1. The lowest BCUT2D eigenvalue weighted by Crippen LogP contribution is -2.12. The van der Waals surface area contributed by atoms with Crippen molar-refractivity contribution in [2.45, 2.75) is 0 Å². The molecule has 2 rings (SSSR count). The number of benzene rings is 2. The van der Waals surface area contributed by atoms with Gasteiger partial charge in [0.1, 0.15) is 0 Å². The van der Waals surface area contributed by atoms with Gasteiger partial charge in [-0.15, -0.1) is 0 Å². The SMILES string of the molecule is O=C(Nc1cc(Br)ccc1Br)c1cccc(Br)c1. The quantitative estimate of drug-likeness (QED) is 0.690. The Labute approximate surface area is 130 Å². The van der Waals surface area contributed by atoms with E-state index in [1.54, 1.807) is 12.1 Å². The molecule has 0 heterocycles. The first-order valence-electron chi connectivity index (χ1n) is 5.08. The summed E-state index contributed by atoms with van der Waals surface area (Å²) < 4.78 is 2.63. The highest BCUT2D eigenvalue weighted by Crippen LogP contribution is 2.26. The van der Waals surface area contributed by atoms with E-state index in [1.807, 2.05) is 30.3 Å². The molecule has 2 aromatic rings. The number of halogens is 3. The monoisotopic (exact) mass is 431 g/mol. The topological polar surface area (TPSA) is 29.1 Å². The van der Waals surface area contributed by atoms with Gasteiger partial charge in [-0.2, -0.15) is 0 Å². The molecular weight excluding hydrogens is 426 g/mol. The Morgan fingerprint density at radius 2 is 1.67 bits per heavy atom. The molecule has 0 aliphatic carbocycles. The molecule has 92 valence electrons. The largest absolute Gasteiger partial charge is 0.321 e. The number of amides is 1. The van der Waals surface area contributed by atoms with Gasteiger partial charge in [-0.3, -0.25) is 4.79 Å². The third kappa shape index (κ3) is 3.43. The van der Waals surface area contributed by atoms with Gasteiger partial charge in [0.2, 0.25) is 0 Å². The molecule has 2 aromatic carbocycles. The normalized spacial score (nSPS) is 10.2. The van der Waals surface area contributed by atoms with E-state index in [0.29, 0.717) is 5.56 Å². The summed E-state index contributed by atoms with van der Waals surface area (Å²) in [6.07, 6.45) is 0. The molecule has 0 saturated carbocycles. The van der Waals surface area contributed by atoms with Crippen LogP contribution in [0.2, 0.25) is 0 Å². The molecule has 1 amide bonds. The zero-order valence-corrected chi connectivity index (χ0v) is 13.8. The van der Waals surface area contributed by atoms with E-state index in [-0.39, 0.29) is 5.91 Å². The Morgan fingerprint density at radius 3 is 2.39 bits per heavy atom. The van der Waals surface area contributed by atoms with Crippen molar-refractivity contribution in [2.24, 2.45) is 0 Å². The van der Waals surface area contributed by atoms with Crippen LogP contribution in [0.1, 0.15) is 10.4 Å². The minimum absolute atomic E-state index is 0.143. The minimum atomic E-state index is -0.143. The number of carbonyl (C=O) groups excluding carboxylic acids is 1. The van der Waals surface area contributed by atoms with Crippen LogP contribution in [0.5, 0.6) is 0 Å². The van der Waals surface area contributed by atoms with Crippen LogP contribution in [0, 0.1) is 0 Å². The molecule has 0 atom stereocenters. The van der Waals surface area contributed by atoms with Gasteiger partial charge in [0, 0.05) is 19.0 Å². The average Bonchev–Trinajstić information content (AvgIpc) is 2.34. The van der Waals surface area contributed by atoms with Crippen LogP contribution >= 0.6 is 47.8 Å². The van der Waals surface area contributed by atoms with Crippen molar-refractivity contribution in [3.8, 4) is 0 Å². The van der Waals surface area contributed by atoms with E-state index >= 15 is 0 Å². The van der Waals surface area contributed by atoms with E-state index in [2.05, 4.69) is 53.1 Å². The van der Waals surface area contributed by atoms with Crippen molar-refractivity contribution in [1.29, 1.82) is 0 Å². The molecule has 5 heteroatoms. The van der Waals surface area contributed by atoms with Gasteiger partial charge in [-0.1, -0.05) is 37.9 Å². The summed E-state index contributed by atoms with van der Waals surface area (Å²) in [6, 6.07) is 12.9. The maximum Gasteiger partial charge on any atom is 0.255 e. The van der Waals surface area contributed by atoms with Crippen LogP contribution in [0.15, 0.2) is 55.9 Å². The third-order valence-electron chi connectivity index (χ3n) is 2.26. The molecule has 0 saturated heterocycles. The van der Waals surface area contributed by atoms with Crippen molar-refractivity contribution in [3.63, 3.8) is 0 Å². The minimum Gasteiger partial charge on any atom is -0.321 e. The first kappa shape index (κ1) is 13.8. The molecule has 0 unspecified atom stereocenters. The van der Waals surface area contributed by atoms with Gasteiger partial charge in [0.25, 0.3) is 5.91 Å². The Morgan fingerprint density at radius 1 is 0.944 bits per heavy atom. The van der Waals surface area contributed by atoms with Crippen LogP contribution in [-0.4, -0.2) is 5.91 Å². The van der Waals surface area contributed by atoms with Gasteiger partial charge in [0.05, 0.1) is 5.69 Å². The highest BCUT2D eigenvalue weighted by atomic mass is 79.9.